The smallest absolute Gasteiger partial charge is 0.329 e. The zero-order valence-electron chi connectivity index (χ0n) is 18.4. The lowest BCUT2D eigenvalue weighted by Gasteiger charge is -2.35. The molecule has 0 fully saturated rings. The highest BCUT2D eigenvalue weighted by Crippen LogP contribution is 2.26. The molecule has 172 valence electrons. The molecule has 4 rings (SSSR count). The third-order valence-electron chi connectivity index (χ3n) is 5.67. The number of esters is 1. The quantitative estimate of drug-likeness (QED) is 0.504. The van der Waals surface area contributed by atoms with Gasteiger partial charge in [-0.25, -0.2) is 4.79 Å². The highest BCUT2D eigenvalue weighted by Gasteiger charge is 2.37. The van der Waals surface area contributed by atoms with Gasteiger partial charge in [-0.2, -0.15) is 5.26 Å². The SMILES string of the molecule is N#CCCN(C(=O)COC(=O)[C@@H]1Cc2ccccc2CN1C(=O)c1ccco1)c1ccccc1. The van der Waals surface area contributed by atoms with Crippen molar-refractivity contribution in [2.75, 3.05) is 18.1 Å². The van der Waals surface area contributed by atoms with Crippen molar-refractivity contribution < 1.29 is 23.5 Å². The number of rotatable bonds is 7. The number of amides is 2. The van der Waals surface area contributed by atoms with Crippen molar-refractivity contribution in [3.63, 3.8) is 0 Å². The molecule has 0 aliphatic carbocycles. The third kappa shape index (κ3) is 4.99. The van der Waals surface area contributed by atoms with E-state index in [2.05, 4.69) is 0 Å². The van der Waals surface area contributed by atoms with Gasteiger partial charge in [-0.05, 0) is 35.4 Å². The molecule has 1 aliphatic rings. The van der Waals surface area contributed by atoms with Gasteiger partial charge in [0.25, 0.3) is 11.8 Å². The molecule has 2 amide bonds. The lowest BCUT2D eigenvalue weighted by atomic mass is 9.93. The van der Waals surface area contributed by atoms with Gasteiger partial charge in [-0.1, -0.05) is 42.5 Å². The number of hydrogen-bond donors (Lipinski definition) is 0. The summed E-state index contributed by atoms with van der Waals surface area (Å²) in [6.45, 7) is -0.0986. The molecule has 1 atom stereocenters. The van der Waals surface area contributed by atoms with Gasteiger partial charge in [0, 0.05) is 25.2 Å². The minimum absolute atomic E-state index is 0.125. The first-order valence-corrected chi connectivity index (χ1v) is 10.9. The normalized spacial score (nSPS) is 14.6. The summed E-state index contributed by atoms with van der Waals surface area (Å²) in [5.74, 6) is -1.42. The molecule has 0 radical (unpaired) electrons. The molecule has 0 unspecified atom stereocenters. The van der Waals surface area contributed by atoms with Crippen molar-refractivity contribution in [1.29, 1.82) is 5.26 Å². The molecular weight excluding hydrogens is 434 g/mol. The topological polar surface area (TPSA) is 104 Å². The first kappa shape index (κ1) is 22.8. The summed E-state index contributed by atoms with van der Waals surface area (Å²) >= 11 is 0. The Balaban J connectivity index is 1.50. The standard InChI is InChI=1S/C26H23N3O5/c27-13-7-14-28(21-10-2-1-3-11-21)24(30)18-34-26(32)22-16-19-8-4-5-9-20(19)17-29(22)25(31)23-12-6-15-33-23/h1-6,8-12,15,22H,7,14,16-18H2/t22-/m0/s1. The van der Waals surface area contributed by atoms with Gasteiger partial charge < -0.3 is 19.0 Å². The Hall–Kier alpha value is -4.38. The molecule has 34 heavy (non-hydrogen) atoms. The molecule has 2 heterocycles. The number of benzene rings is 2. The number of nitrogens with zero attached hydrogens (tertiary/aromatic N) is 3. The van der Waals surface area contributed by atoms with Crippen LogP contribution in [0.4, 0.5) is 5.69 Å². The van der Waals surface area contributed by atoms with E-state index in [1.54, 1.807) is 36.4 Å². The number of fused-ring (bicyclic) bond motifs is 1. The molecule has 0 saturated carbocycles. The lowest BCUT2D eigenvalue weighted by molar-refractivity contribution is -0.153. The van der Waals surface area contributed by atoms with Crippen LogP contribution in [-0.2, 0) is 27.3 Å². The van der Waals surface area contributed by atoms with Crippen LogP contribution in [0.2, 0.25) is 0 Å². The van der Waals surface area contributed by atoms with Gasteiger partial charge in [0.1, 0.15) is 6.04 Å². The zero-order chi connectivity index (χ0) is 23.9. The molecule has 1 aliphatic heterocycles. The van der Waals surface area contributed by atoms with Crippen LogP contribution in [-0.4, -0.2) is 41.9 Å². The number of anilines is 1. The molecular formula is C26H23N3O5. The average Bonchev–Trinajstić information content (AvgIpc) is 3.42. The lowest BCUT2D eigenvalue weighted by Crippen LogP contribution is -2.50. The van der Waals surface area contributed by atoms with Gasteiger partial charge in [0.2, 0.25) is 0 Å². The minimum atomic E-state index is -0.899. The van der Waals surface area contributed by atoms with Crippen molar-refractivity contribution in [2.45, 2.75) is 25.4 Å². The predicted octanol–water partition coefficient (Wildman–Crippen LogP) is 3.34. The van der Waals surface area contributed by atoms with E-state index >= 15 is 0 Å². The minimum Gasteiger partial charge on any atom is -0.459 e. The summed E-state index contributed by atoms with van der Waals surface area (Å²) < 4.78 is 10.7. The van der Waals surface area contributed by atoms with E-state index < -0.39 is 30.4 Å². The van der Waals surface area contributed by atoms with Crippen LogP contribution in [0.25, 0.3) is 0 Å². The fourth-order valence-corrected chi connectivity index (χ4v) is 3.96. The number of ether oxygens (including phenoxy) is 1. The fourth-order valence-electron chi connectivity index (χ4n) is 3.96. The Morgan fingerprint density at radius 1 is 1.03 bits per heavy atom. The zero-order valence-corrected chi connectivity index (χ0v) is 18.4. The number of hydrogen-bond acceptors (Lipinski definition) is 6. The van der Waals surface area contributed by atoms with Crippen molar-refractivity contribution in [3.05, 3.63) is 89.9 Å². The summed E-state index contributed by atoms with van der Waals surface area (Å²) in [6.07, 6.45) is 1.81. The Bertz CT molecular complexity index is 1200. The molecule has 0 saturated heterocycles. The van der Waals surface area contributed by atoms with Crippen LogP contribution in [0.15, 0.2) is 77.4 Å². The Morgan fingerprint density at radius 3 is 2.47 bits per heavy atom. The van der Waals surface area contributed by atoms with Crippen molar-refractivity contribution in [3.8, 4) is 6.07 Å². The van der Waals surface area contributed by atoms with E-state index in [0.717, 1.165) is 11.1 Å². The number of nitriles is 1. The van der Waals surface area contributed by atoms with E-state index in [4.69, 9.17) is 14.4 Å². The summed E-state index contributed by atoms with van der Waals surface area (Å²) in [4.78, 5) is 41.9. The monoisotopic (exact) mass is 457 g/mol. The summed E-state index contributed by atoms with van der Waals surface area (Å²) in [6, 6.07) is 20.7. The third-order valence-corrected chi connectivity index (χ3v) is 5.67. The van der Waals surface area contributed by atoms with Crippen LogP contribution in [0.1, 0.15) is 28.1 Å². The number of para-hydroxylation sites is 1. The second-order valence-electron chi connectivity index (χ2n) is 7.80. The molecule has 0 spiro atoms. The van der Waals surface area contributed by atoms with E-state index in [1.807, 2.05) is 36.4 Å². The highest BCUT2D eigenvalue weighted by atomic mass is 16.5. The maximum absolute atomic E-state index is 13.1. The molecule has 3 aromatic rings. The van der Waals surface area contributed by atoms with Crippen LogP contribution in [0.5, 0.6) is 0 Å². The van der Waals surface area contributed by atoms with E-state index in [1.165, 1.54) is 16.1 Å². The first-order valence-electron chi connectivity index (χ1n) is 10.9. The predicted molar refractivity (Wildman–Crippen MR) is 122 cm³/mol. The Labute approximate surface area is 196 Å². The molecule has 2 aromatic carbocycles. The highest BCUT2D eigenvalue weighted by molar-refractivity contribution is 5.97. The van der Waals surface area contributed by atoms with Crippen LogP contribution >= 0.6 is 0 Å². The maximum atomic E-state index is 13.1. The Kier molecular flexibility index (Phi) is 7.04. The van der Waals surface area contributed by atoms with Crippen molar-refractivity contribution in [2.24, 2.45) is 0 Å². The second kappa shape index (κ2) is 10.5. The number of furan rings is 1. The fraction of sp³-hybridized carbons (Fsp3) is 0.231. The maximum Gasteiger partial charge on any atom is 0.329 e. The van der Waals surface area contributed by atoms with Gasteiger partial charge in [0.15, 0.2) is 12.4 Å². The second-order valence-corrected chi connectivity index (χ2v) is 7.80. The van der Waals surface area contributed by atoms with Crippen molar-refractivity contribution in [1.82, 2.24) is 4.90 Å². The van der Waals surface area contributed by atoms with Crippen LogP contribution in [0.3, 0.4) is 0 Å². The molecule has 8 nitrogen and oxygen atoms in total. The Morgan fingerprint density at radius 2 is 1.76 bits per heavy atom. The average molecular weight is 457 g/mol. The van der Waals surface area contributed by atoms with Crippen LogP contribution < -0.4 is 4.90 Å². The van der Waals surface area contributed by atoms with E-state index in [0.29, 0.717) is 5.69 Å². The van der Waals surface area contributed by atoms with Crippen LogP contribution in [0, 0.1) is 11.3 Å². The first-order chi connectivity index (χ1) is 16.6. The van der Waals surface area contributed by atoms with E-state index in [-0.39, 0.29) is 31.7 Å². The van der Waals surface area contributed by atoms with Gasteiger partial charge in [-0.3, -0.25) is 9.59 Å². The summed E-state index contributed by atoms with van der Waals surface area (Å²) in [5.41, 5.74) is 2.49. The number of carbonyl (C=O) groups is 3. The molecule has 0 bridgehead atoms. The summed E-state index contributed by atoms with van der Waals surface area (Å²) in [7, 11) is 0. The van der Waals surface area contributed by atoms with Gasteiger partial charge in [0.05, 0.1) is 18.8 Å². The van der Waals surface area contributed by atoms with E-state index in [9.17, 15) is 14.4 Å². The molecule has 1 aromatic heterocycles. The van der Waals surface area contributed by atoms with Gasteiger partial charge >= 0.3 is 5.97 Å². The molecule has 8 heteroatoms. The summed E-state index contributed by atoms with van der Waals surface area (Å²) in [5, 5.41) is 8.95. The largest absolute Gasteiger partial charge is 0.459 e. The van der Waals surface area contributed by atoms with Crippen molar-refractivity contribution >= 4 is 23.5 Å². The number of carbonyl (C=O) groups excluding carboxylic acids is 3. The van der Waals surface area contributed by atoms with Gasteiger partial charge in [-0.15, -0.1) is 0 Å². The molecule has 0 N–H and O–H groups in total.